The van der Waals surface area contributed by atoms with E-state index >= 15 is 0 Å². The Hall–Kier alpha value is -1.02. The number of benzene rings is 1. The van der Waals surface area contributed by atoms with Gasteiger partial charge in [-0.15, -0.1) is 0 Å². The summed E-state index contributed by atoms with van der Waals surface area (Å²) in [5, 5.41) is 0. The Morgan fingerprint density at radius 2 is 2.19 bits per heavy atom. The number of rotatable bonds is 8. The summed E-state index contributed by atoms with van der Waals surface area (Å²) in [7, 11) is -2.00. The van der Waals surface area contributed by atoms with E-state index in [1.165, 1.54) is 23.2 Å². The Morgan fingerprint density at radius 1 is 1.48 bits per heavy atom. The highest BCUT2D eigenvalue weighted by Gasteiger charge is 2.23. The number of hydrogen-bond donors (Lipinski definition) is 1. The smallest absolute Gasteiger partial charge is 0.242 e. The van der Waals surface area contributed by atoms with E-state index in [0.717, 1.165) is 6.61 Å². The van der Waals surface area contributed by atoms with Gasteiger partial charge in [-0.1, -0.05) is 24.4 Å². The first-order chi connectivity index (χ1) is 9.91. The third-order valence-electron chi connectivity index (χ3n) is 3.43. The molecule has 1 aromatic carbocycles. The average molecular weight is 328 g/mol. The number of nitrogens with zero attached hydrogens (tertiary/aromatic N) is 1. The van der Waals surface area contributed by atoms with Gasteiger partial charge in [0, 0.05) is 25.8 Å². The summed E-state index contributed by atoms with van der Waals surface area (Å²) in [6.45, 7) is 1.46. The molecule has 2 rings (SSSR count). The minimum Gasteiger partial charge on any atom is -0.389 e. The largest absolute Gasteiger partial charge is 0.389 e. The molecule has 0 amide bonds. The Kier molecular flexibility index (Phi) is 5.32. The lowest BCUT2D eigenvalue weighted by molar-refractivity contribution is 0.117. The molecule has 0 saturated heterocycles. The summed E-state index contributed by atoms with van der Waals surface area (Å²) in [4.78, 5) is 0.375. The predicted molar refractivity (Wildman–Crippen MR) is 85.7 cm³/mol. The molecule has 1 aromatic rings. The van der Waals surface area contributed by atoms with Gasteiger partial charge in [-0.05, 0) is 30.9 Å². The average Bonchev–Trinajstić information content (AvgIpc) is 3.27. The zero-order chi connectivity index (χ0) is 15.5. The summed E-state index contributed by atoms with van der Waals surface area (Å²) >= 11 is 4.88. The Morgan fingerprint density at radius 3 is 2.81 bits per heavy atom. The van der Waals surface area contributed by atoms with Crippen LogP contribution in [-0.4, -0.2) is 44.5 Å². The molecular formula is C14H20N2O3S2. The van der Waals surface area contributed by atoms with E-state index < -0.39 is 10.0 Å². The molecule has 0 radical (unpaired) electrons. The molecule has 1 aliphatic rings. The number of likely N-dealkylation sites (N-methyl/N-ethyl adjacent to an activating group) is 1. The molecule has 7 heteroatoms. The lowest BCUT2D eigenvalue weighted by Crippen LogP contribution is -2.30. The highest BCUT2D eigenvalue weighted by atomic mass is 32.2. The van der Waals surface area contributed by atoms with Gasteiger partial charge in [-0.25, -0.2) is 8.42 Å². The van der Waals surface area contributed by atoms with Crippen LogP contribution in [0.5, 0.6) is 0 Å². The summed E-state index contributed by atoms with van der Waals surface area (Å²) in [5.41, 5.74) is 6.08. The van der Waals surface area contributed by atoms with Crippen LogP contribution in [0.4, 0.5) is 0 Å². The van der Waals surface area contributed by atoms with Crippen molar-refractivity contribution in [3.8, 4) is 0 Å². The van der Waals surface area contributed by atoms with Crippen LogP contribution in [0.2, 0.25) is 0 Å². The summed E-state index contributed by atoms with van der Waals surface area (Å²) in [6.07, 6.45) is 2.44. The topological polar surface area (TPSA) is 72.6 Å². The third kappa shape index (κ3) is 4.47. The third-order valence-corrected chi connectivity index (χ3v) is 5.52. The maximum atomic E-state index is 12.4. The zero-order valence-corrected chi connectivity index (χ0v) is 13.6. The lowest BCUT2D eigenvalue weighted by Gasteiger charge is -2.17. The second-order valence-electron chi connectivity index (χ2n) is 5.24. The van der Waals surface area contributed by atoms with Gasteiger partial charge < -0.3 is 10.5 Å². The van der Waals surface area contributed by atoms with Crippen molar-refractivity contribution in [3.63, 3.8) is 0 Å². The molecule has 0 heterocycles. The second-order valence-corrected chi connectivity index (χ2v) is 7.72. The zero-order valence-electron chi connectivity index (χ0n) is 12.0. The molecule has 21 heavy (non-hydrogen) atoms. The quantitative estimate of drug-likeness (QED) is 0.576. The van der Waals surface area contributed by atoms with Gasteiger partial charge in [0.1, 0.15) is 4.99 Å². The van der Waals surface area contributed by atoms with Crippen LogP contribution in [0, 0.1) is 5.92 Å². The SMILES string of the molecule is CN(CCOCC1CC1)S(=O)(=O)c1cccc(C(N)=S)c1. The van der Waals surface area contributed by atoms with E-state index in [-0.39, 0.29) is 9.88 Å². The molecule has 0 spiro atoms. The van der Waals surface area contributed by atoms with Crippen LogP contribution in [0.25, 0.3) is 0 Å². The van der Waals surface area contributed by atoms with Crippen LogP contribution >= 0.6 is 12.2 Å². The number of hydrogen-bond acceptors (Lipinski definition) is 4. The van der Waals surface area contributed by atoms with Crippen LogP contribution in [0.1, 0.15) is 18.4 Å². The molecule has 1 fully saturated rings. The molecule has 1 saturated carbocycles. The van der Waals surface area contributed by atoms with E-state index in [1.807, 2.05) is 0 Å². The van der Waals surface area contributed by atoms with Crippen molar-refractivity contribution in [3.05, 3.63) is 29.8 Å². The fourth-order valence-corrected chi connectivity index (χ4v) is 3.17. The van der Waals surface area contributed by atoms with Gasteiger partial charge >= 0.3 is 0 Å². The first kappa shape index (κ1) is 16.4. The highest BCUT2D eigenvalue weighted by Crippen LogP contribution is 2.28. The van der Waals surface area contributed by atoms with Crippen LogP contribution < -0.4 is 5.73 Å². The van der Waals surface area contributed by atoms with Crippen molar-refractivity contribution >= 4 is 27.2 Å². The van der Waals surface area contributed by atoms with E-state index in [9.17, 15) is 8.42 Å². The van der Waals surface area contributed by atoms with Gasteiger partial charge in [0.15, 0.2) is 0 Å². The minimum absolute atomic E-state index is 0.183. The molecule has 0 aromatic heterocycles. The Bertz CT molecular complexity index is 612. The maximum absolute atomic E-state index is 12.4. The van der Waals surface area contributed by atoms with Gasteiger partial charge in [0.25, 0.3) is 0 Å². The monoisotopic (exact) mass is 328 g/mol. The predicted octanol–water partition coefficient (Wildman–Crippen LogP) is 1.37. The van der Waals surface area contributed by atoms with E-state index in [4.69, 9.17) is 22.7 Å². The van der Waals surface area contributed by atoms with Crippen molar-refractivity contribution in [2.75, 3.05) is 26.8 Å². The summed E-state index contributed by atoms with van der Waals surface area (Å²) in [6, 6.07) is 6.37. The Labute approximate surface area is 131 Å². The number of sulfonamides is 1. The van der Waals surface area contributed by atoms with E-state index in [2.05, 4.69) is 0 Å². The van der Waals surface area contributed by atoms with Crippen molar-refractivity contribution in [1.82, 2.24) is 4.31 Å². The van der Waals surface area contributed by atoms with Crippen molar-refractivity contribution in [2.24, 2.45) is 11.7 Å². The number of nitrogens with two attached hydrogens (primary N) is 1. The van der Waals surface area contributed by atoms with Crippen LogP contribution in [-0.2, 0) is 14.8 Å². The second kappa shape index (κ2) is 6.83. The van der Waals surface area contributed by atoms with Gasteiger partial charge in [0.2, 0.25) is 10.0 Å². The van der Waals surface area contributed by atoms with Gasteiger partial charge in [-0.3, -0.25) is 0 Å². The van der Waals surface area contributed by atoms with E-state index in [0.29, 0.717) is 24.6 Å². The van der Waals surface area contributed by atoms with Crippen molar-refractivity contribution in [1.29, 1.82) is 0 Å². The van der Waals surface area contributed by atoms with Gasteiger partial charge in [0.05, 0.1) is 11.5 Å². The van der Waals surface area contributed by atoms with Crippen molar-refractivity contribution < 1.29 is 13.2 Å². The standard InChI is InChI=1S/C14H20N2O3S2/c1-16(7-8-19-10-11-5-6-11)21(17,18)13-4-2-3-12(9-13)14(15)20/h2-4,9,11H,5-8,10H2,1H3,(H2,15,20). The molecule has 0 bridgehead atoms. The van der Waals surface area contributed by atoms with Crippen LogP contribution in [0.3, 0.4) is 0 Å². The Balaban J connectivity index is 1.98. The fourth-order valence-electron chi connectivity index (χ4n) is 1.84. The lowest BCUT2D eigenvalue weighted by atomic mass is 10.2. The minimum atomic E-state index is -3.54. The fraction of sp³-hybridized carbons (Fsp3) is 0.500. The molecule has 0 unspecified atom stereocenters. The highest BCUT2D eigenvalue weighted by molar-refractivity contribution is 7.89. The maximum Gasteiger partial charge on any atom is 0.242 e. The molecule has 0 atom stereocenters. The molecule has 0 aliphatic heterocycles. The number of ether oxygens (including phenoxy) is 1. The summed E-state index contributed by atoms with van der Waals surface area (Å²) in [5.74, 6) is 0.675. The van der Waals surface area contributed by atoms with Crippen LogP contribution in [0.15, 0.2) is 29.2 Å². The number of thiocarbonyl (C=S) groups is 1. The molecule has 2 N–H and O–H groups in total. The molecule has 116 valence electrons. The first-order valence-corrected chi connectivity index (χ1v) is 8.70. The van der Waals surface area contributed by atoms with Gasteiger partial charge in [-0.2, -0.15) is 4.31 Å². The summed E-state index contributed by atoms with van der Waals surface area (Å²) < 4.78 is 31.6. The van der Waals surface area contributed by atoms with Crippen molar-refractivity contribution in [2.45, 2.75) is 17.7 Å². The first-order valence-electron chi connectivity index (χ1n) is 6.85. The molecular weight excluding hydrogens is 308 g/mol. The normalized spacial score (nSPS) is 15.3. The molecule has 5 nitrogen and oxygen atoms in total. The van der Waals surface area contributed by atoms with E-state index in [1.54, 1.807) is 25.2 Å². The molecule has 1 aliphatic carbocycles.